The average molecular weight is 296 g/mol. The van der Waals surface area contributed by atoms with Crippen LogP contribution in [-0.4, -0.2) is 34.8 Å². The lowest BCUT2D eigenvalue weighted by molar-refractivity contribution is -0.134. The lowest BCUT2D eigenvalue weighted by Crippen LogP contribution is -2.38. The summed E-state index contributed by atoms with van der Waals surface area (Å²) < 4.78 is 5.67. The molecule has 6 N–H and O–H groups in total. The van der Waals surface area contributed by atoms with Crippen molar-refractivity contribution in [3.63, 3.8) is 0 Å². The third-order valence-corrected chi connectivity index (χ3v) is 2.84. The molecule has 0 unspecified atom stereocenters. The number of nitrogens with zero attached hydrogens (tertiary/aromatic N) is 2. The Morgan fingerprint density at radius 1 is 1.33 bits per heavy atom. The highest BCUT2D eigenvalue weighted by molar-refractivity contribution is 5.80. The minimum Gasteiger partial charge on any atom is -0.393 e. The van der Waals surface area contributed by atoms with Gasteiger partial charge in [-0.1, -0.05) is 6.92 Å². The van der Waals surface area contributed by atoms with Crippen LogP contribution < -0.4 is 22.1 Å². The number of anilines is 3. The van der Waals surface area contributed by atoms with Gasteiger partial charge in [-0.05, 0) is 27.2 Å². The zero-order valence-electron chi connectivity index (χ0n) is 12.9. The van der Waals surface area contributed by atoms with Gasteiger partial charge in [-0.25, -0.2) is 9.97 Å². The molecule has 0 aliphatic heterocycles. The number of rotatable bonds is 7. The second-order valence-corrected chi connectivity index (χ2v) is 4.63. The Morgan fingerprint density at radius 2 is 2.00 bits per heavy atom. The minimum absolute atomic E-state index is 0.163. The Balaban J connectivity index is 2.77. The van der Waals surface area contributed by atoms with E-state index in [4.69, 9.17) is 16.2 Å². The molecule has 1 amide bonds. The van der Waals surface area contributed by atoms with E-state index in [1.807, 2.05) is 13.8 Å². The predicted molar refractivity (Wildman–Crippen MR) is 82.5 cm³/mol. The molecular weight excluding hydrogens is 272 g/mol. The molecule has 1 aromatic heterocycles. The number of hydrogen-bond donors (Lipinski definition) is 4. The first kappa shape index (κ1) is 17.0. The van der Waals surface area contributed by atoms with Crippen LogP contribution in [0.4, 0.5) is 17.3 Å². The Hall–Kier alpha value is -2.09. The molecule has 1 aromatic rings. The van der Waals surface area contributed by atoms with Crippen molar-refractivity contribution in [1.29, 1.82) is 0 Å². The van der Waals surface area contributed by atoms with Crippen LogP contribution in [0.5, 0.6) is 0 Å². The molecular formula is C13H24N6O2. The maximum absolute atomic E-state index is 11.7. The molecule has 0 bridgehead atoms. The predicted octanol–water partition coefficient (Wildman–Crippen LogP) is 0.639. The van der Waals surface area contributed by atoms with Crippen molar-refractivity contribution in [3.8, 4) is 0 Å². The molecule has 21 heavy (non-hydrogen) atoms. The number of ether oxygens (including phenoxy) is 1. The molecule has 2 atom stereocenters. The molecule has 1 rings (SSSR count). The molecule has 0 aromatic carbocycles. The summed E-state index contributed by atoms with van der Waals surface area (Å²) in [6.45, 7) is 7.76. The first-order chi connectivity index (χ1) is 9.88. The number of likely N-dealkylation sites (N-methyl/N-ethyl adjacent to an activating group) is 1. The van der Waals surface area contributed by atoms with Crippen LogP contribution in [0.1, 0.15) is 33.0 Å². The van der Waals surface area contributed by atoms with E-state index >= 15 is 0 Å². The summed E-state index contributed by atoms with van der Waals surface area (Å²) in [6.07, 6.45) is -0.353. The van der Waals surface area contributed by atoms with Gasteiger partial charge in [-0.3, -0.25) is 4.79 Å². The monoisotopic (exact) mass is 296 g/mol. The topological polar surface area (TPSA) is 128 Å². The van der Waals surface area contributed by atoms with Crippen LogP contribution in [0.3, 0.4) is 0 Å². The summed E-state index contributed by atoms with van der Waals surface area (Å²) in [6, 6.07) is 0. The third-order valence-electron chi connectivity index (χ3n) is 2.84. The summed E-state index contributed by atoms with van der Waals surface area (Å²) in [7, 11) is 0. The summed E-state index contributed by atoms with van der Waals surface area (Å²) in [5.74, 6) is 0.978. The molecule has 118 valence electrons. The molecule has 0 spiro atoms. The van der Waals surface area contributed by atoms with Crippen LogP contribution >= 0.6 is 0 Å². The fourth-order valence-corrected chi connectivity index (χ4v) is 1.72. The SMILES string of the molecule is CCNC(=O)[C@H](C)O[C@H](CC)Nc1nc(C)nc(N)c1N. The highest BCUT2D eigenvalue weighted by Gasteiger charge is 2.19. The number of carbonyl (C=O) groups excluding carboxylic acids is 1. The van der Waals surface area contributed by atoms with E-state index in [1.54, 1.807) is 13.8 Å². The molecule has 0 fully saturated rings. The fraction of sp³-hybridized carbons (Fsp3) is 0.615. The van der Waals surface area contributed by atoms with E-state index in [0.717, 1.165) is 0 Å². The van der Waals surface area contributed by atoms with Gasteiger partial charge in [0.15, 0.2) is 11.6 Å². The van der Waals surface area contributed by atoms with Crippen molar-refractivity contribution < 1.29 is 9.53 Å². The molecule has 0 saturated heterocycles. The van der Waals surface area contributed by atoms with Crippen molar-refractivity contribution >= 4 is 23.2 Å². The van der Waals surface area contributed by atoms with Crippen molar-refractivity contribution in [2.45, 2.75) is 46.4 Å². The maximum Gasteiger partial charge on any atom is 0.248 e. The summed E-state index contributed by atoms with van der Waals surface area (Å²) in [4.78, 5) is 19.9. The highest BCUT2D eigenvalue weighted by atomic mass is 16.5. The lowest BCUT2D eigenvalue weighted by atomic mass is 10.3. The number of nitrogens with two attached hydrogens (primary N) is 2. The maximum atomic E-state index is 11.7. The molecule has 8 heteroatoms. The molecule has 0 saturated carbocycles. The van der Waals surface area contributed by atoms with Crippen molar-refractivity contribution in [2.24, 2.45) is 0 Å². The van der Waals surface area contributed by atoms with Crippen LogP contribution in [0.15, 0.2) is 0 Å². The van der Waals surface area contributed by atoms with Gasteiger partial charge < -0.3 is 26.8 Å². The second kappa shape index (κ2) is 7.63. The van der Waals surface area contributed by atoms with Crippen LogP contribution in [0.25, 0.3) is 0 Å². The number of carbonyl (C=O) groups is 1. The van der Waals surface area contributed by atoms with E-state index in [0.29, 0.717) is 24.6 Å². The van der Waals surface area contributed by atoms with E-state index in [1.165, 1.54) is 0 Å². The number of nitrogens with one attached hydrogen (secondary N) is 2. The van der Waals surface area contributed by atoms with Crippen molar-refractivity contribution in [2.75, 3.05) is 23.3 Å². The van der Waals surface area contributed by atoms with Crippen LogP contribution in [0, 0.1) is 6.92 Å². The van der Waals surface area contributed by atoms with Crippen LogP contribution in [0.2, 0.25) is 0 Å². The number of hydrogen-bond acceptors (Lipinski definition) is 7. The Bertz CT molecular complexity index is 494. The van der Waals surface area contributed by atoms with E-state index in [9.17, 15) is 4.79 Å². The van der Waals surface area contributed by atoms with Gasteiger partial charge in [0.2, 0.25) is 5.91 Å². The van der Waals surface area contributed by atoms with Gasteiger partial charge >= 0.3 is 0 Å². The molecule has 0 radical (unpaired) electrons. The van der Waals surface area contributed by atoms with E-state index < -0.39 is 12.3 Å². The van der Waals surface area contributed by atoms with Gasteiger partial charge in [0.05, 0.1) is 0 Å². The average Bonchev–Trinajstić information content (AvgIpc) is 2.43. The number of aryl methyl sites for hydroxylation is 1. The molecule has 1 heterocycles. The Kier molecular flexibility index (Phi) is 6.16. The number of nitrogen functional groups attached to an aromatic ring is 2. The smallest absolute Gasteiger partial charge is 0.248 e. The minimum atomic E-state index is -0.580. The summed E-state index contributed by atoms with van der Waals surface area (Å²) in [5.41, 5.74) is 11.8. The molecule has 8 nitrogen and oxygen atoms in total. The van der Waals surface area contributed by atoms with Gasteiger partial charge in [-0.2, -0.15) is 0 Å². The van der Waals surface area contributed by atoms with Gasteiger partial charge in [0.1, 0.15) is 23.8 Å². The normalized spacial score (nSPS) is 13.5. The lowest BCUT2D eigenvalue weighted by Gasteiger charge is -2.23. The zero-order valence-corrected chi connectivity index (χ0v) is 12.9. The standard InChI is InChI=1S/C13H24N6O2/c1-5-9(21-7(3)13(20)16-6-2)19-12-10(14)11(15)17-8(4)18-12/h7,9H,5-6,14H2,1-4H3,(H,16,20)(H3,15,17,18,19)/t7-,9+/m0/s1. The fourth-order valence-electron chi connectivity index (χ4n) is 1.72. The third kappa shape index (κ3) is 4.75. The van der Waals surface area contributed by atoms with E-state index in [2.05, 4.69) is 20.6 Å². The first-order valence-corrected chi connectivity index (χ1v) is 6.98. The van der Waals surface area contributed by atoms with Crippen LogP contribution in [-0.2, 0) is 9.53 Å². The van der Waals surface area contributed by atoms with Gasteiger partial charge in [-0.15, -0.1) is 0 Å². The second-order valence-electron chi connectivity index (χ2n) is 4.63. The quantitative estimate of drug-likeness (QED) is 0.543. The van der Waals surface area contributed by atoms with E-state index in [-0.39, 0.29) is 17.4 Å². The molecule has 0 aliphatic carbocycles. The van der Waals surface area contributed by atoms with Crippen molar-refractivity contribution in [1.82, 2.24) is 15.3 Å². The first-order valence-electron chi connectivity index (χ1n) is 6.98. The zero-order chi connectivity index (χ0) is 16.0. The largest absolute Gasteiger partial charge is 0.393 e. The number of amides is 1. The van der Waals surface area contributed by atoms with Gasteiger partial charge in [0.25, 0.3) is 0 Å². The molecule has 0 aliphatic rings. The van der Waals surface area contributed by atoms with Gasteiger partial charge in [0, 0.05) is 6.54 Å². The van der Waals surface area contributed by atoms with Crippen molar-refractivity contribution in [3.05, 3.63) is 5.82 Å². The summed E-state index contributed by atoms with van der Waals surface area (Å²) in [5, 5.41) is 5.75. The Labute approximate surface area is 124 Å². The summed E-state index contributed by atoms with van der Waals surface area (Å²) >= 11 is 0. The Morgan fingerprint density at radius 3 is 2.57 bits per heavy atom. The highest BCUT2D eigenvalue weighted by Crippen LogP contribution is 2.22. The number of aromatic nitrogens is 2.